The Labute approximate surface area is 121 Å². The van der Waals surface area contributed by atoms with Crippen LogP contribution in [0.2, 0.25) is 0 Å². The number of carbonyl (C=O) groups is 1. The molecule has 0 radical (unpaired) electrons. The lowest BCUT2D eigenvalue weighted by atomic mass is 9.85. The van der Waals surface area contributed by atoms with Gasteiger partial charge in [0.05, 0.1) is 6.04 Å². The van der Waals surface area contributed by atoms with Crippen LogP contribution in [0.5, 0.6) is 0 Å². The summed E-state index contributed by atoms with van der Waals surface area (Å²) >= 11 is 0. The summed E-state index contributed by atoms with van der Waals surface area (Å²) in [6.45, 7) is 7.06. The average Bonchev–Trinajstić information content (AvgIpc) is 2.38. The molecule has 0 bridgehead atoms. The highest BCUT2D eigenvalue weighted by Crippen LogP contribution is 2.29. The zero-order chi connectivity index (χ0) is 15.0. The first-order valence-electron chi connectivity index (χ1n) is 7.12. The van der Waals surface area contributed by atoms with E-state index in [0.29, 0.717) is 13.0 Å². The summed E-state index contributed by atoms with van der Waals surface area (Å²) in [6.07, 6.45) is 1.44. The number of aliphatic hydroxyl groups is 1. The van der Waals surface area contributed by atoms with Gasteiger partial charge in [-0.25, -0.2) is 4.79 Å². The van der Waals surface area contributed by atoms with Crippen molar-refractivity contribution >= 4 is 6.03 Å². The molecule has 0 saturated carbocycles. The normalized spacial score (nSPS) is 12.8. The Morgan fingerprint density at radius 1 is 1.25 bits per heavy atom. The molecule has 0 fully saturated rings. The van der Waals surface area contributed by atoms with Crippen molar-refractivity contribution in [3.63, 3.8) is 0 Å². The Morgan fingerprint density at radius 3 is 2.45 bits per heavy atom. The summed E-state index contributed by atoms with van der Waals surface area (Å²) in [6, 6.07) is 9.81. The smallest absolute Gasteiger partial charge is 0.315 e. The molecule has 0 aliphatic heterocycles. The number of rotatable bonds is 6. The van der Waals surface area contributed by atoms with Gasteiger partial charge in [-0.15, -0.1) is 0 Å². The number of hydrogen-bond acceptors (Lipinski definition) is 2. The fourth-order valence-corrected chi connectivity index (χ4v) is 2.04. The first-order valence-corrected chi connectivity index (χ1v) is 7.12. The van der Waals surface area contributed by atoms with Gasteiger partial charge in [0.15, 0.2) is 0 Å². The Hall–Kier alpha value is -1.55. The zero-order valence-corrected chi connectivity index (χ0v) is 12.6. The molecule has 0 aliphatic carbocycles. The molecule has 112 valence electrons. The monoisotopic (exact) mass is 278 g/mol. The molecule has 1 atom stereocenters. The summed E-state index contributed by atoms with van der Waals surface area (Å²) in [4.78, 5) is 11.9. The predicted octanol–water partition coefficient (Wildman–Crippen LogP) is 2.85. The second-order valence-electron chi connectivity index (χ2n) is 6.21. The van der Waals surface area contributed by atoms with Crippen LogP contribution in [-0.4, -0.2) is 24.3 Å². The maximum absolute atomic E-state index is 11.9. The van der Waals surface area contributed by atoms with Gasteiger partial charge in [0, 0.05) is 13.2 Å². The molecule has 0 heterocycles. The average molecular weight is 278 g/mol. The van der Waals surface area contributed by atoms with Gasteiger partial charge in [-0.2, -0.15) is 0 Å². The van der Waals surface area contributed by atoms with Crippen LogP contribution in [-0.2, 0) is 0 Å². The van der Waals surface area contributed by atoms with Crippen LogP contribution >= 0.6 is 0 Å². The lowest BCUT2D eigenvalue weighted by Crippen LogP contribution is -2.39. The standard InChI is InChI=1S/C16H26N2O2/c1-16(2,3)12-14(13-8-5-4-6-9-13)18-15(20)17-10-7-11-19/h4-6,8-9,14,19H,7,10-12H2,1-3H3,(H2,17,18,20). The van der Waals surface area contributed by atoms with E-state index in [-0.39, 0.29) is 24.1 Å². The van der Waals surface area contributed by atoms with Crippen molar-refractivity contribution < 1.29 is 9.90 Å². The highest BCUT2D eigenvalue weighted by atomic mass is 16.3. The lowest BCUT2D eigenvalue weighted by molar-refractivity contribution is 0.228. The predicted molar refractivity (Wildman–Crippen MR) is 81.5 cm³/mol. The van der Waals surface area contributed by atoms with E-state index < -0.39 is 0 Å². The molecule has 0 spiro atoms. The highest BCUT2D eigenvalue weighted by Gasteiger charge is 2.21. The molecule has 0 aromatic heterocycles. The Morgan fingerprint density at radius 2 is 1.90 bits per heavy atom. The summed E-state index contributed by atoms with van der Waals surface area (Å²) in [7, 11) is 0. The summed E-state index contributed by atoms with van der Waals surface area (Å²) < 4.78 is 0. The third-order valence-corrected chi connectivity index (χ3v) is 2.94. The van der Waals surface area contributed by atoms with Crippen LogP contribution in [0.15, 0.2) is 30.3 Å². The maximum Gasteiger partial charge on any atom is 0.315 e. The first kappa shape index (κ1) is 16.5. The molecule has 1 aromatic carbocycles. The van der Waals surface area contributed by atoms with Crippen molar-refractivity contribution in [2.75, 3.05) is 13.2 Å². The highest BCUT2D eigenvalue weighted by molar-refractivity contribution is 5.74. The van der Waals surface area contributed by atoms with Gasteiger partial charge in [0.1, 0.15) is 0 Å². The Balaban J connectivity index is 2.66. The van der Waals surface area contributed by atoms with Gasteiger partial charge in [0.2, 0.25) is 0 Å². The molecule has 20 heavy (non-hydrogen) atoms. The molecule has 1 rings (SSSR count). The van der Waals surface area contributed by atoms with Gasteiger partial charge in [0.25, 0.3) is 0 Å². The summed E-state index contributed by atoms with van der Waals surface area (Å²) in [5.74, 6) is 0. The second-order valence-corrected chi connectivity index (χ2v) is 6.21. The van der Waals surface area contributed by atoms with Crippen molar-refractivity contribution in [3.05, 3.63) is 35.9 Å². The van der Waals surface area contributed by atoms with Crippen LogP contribution in [0.25, 0.3) is 0 Å². The molecule has 0 saturated heterocycles. The second kappa shape index (κ2) is 7.90. The van der Waals surface area contributed by atoms with E-state index >= 15 is 0 Å². The van der Waals surface area contributed by atoms with E-state index in [1.165, 1.54) is 0 Å². The number of urea groups is 1. The largest absolute Gasteiger partial charge is 0.396 e. The van der Waals surface area contributed by atoms with Gasteiger partial charge in [-0.3, -0.25) is 0 Å². The molecule has 1 aromatic rings. The number of benzene rings is 1. The minimum Gasteiger partial charge on any atom is -0.396 e. The van der Waals surface area contributed by atoms with Crippen molar-refractivity contribution in [1.29, 1.82) is 0 Å². The van der Waals surface area contributed by atoms with E-state index in [2.05, 4.69) is 31.4 Å². The minimum absolute atomic E-state index is 0.00896. The zero-order valence-electron chi connectivity index (χ0n) is 12.6. The van der Waals surface area contributed by atoms with Crippen molar-refractivity contribution in [2.24, 2.45) is 5.41 Å². The number of nitrogens with one attached hydrogen (secondary N) is 2. The van der Waals surface area contributed by atoms with Gasteiger partial charge < -0.3 is 15.7 Å². The van der Waals surface area contributed by atoms with E-state index in [1.807, 2.05) is 30.3 Å². The van der Waals surface area contributed by atoms with E-state index in [0.717, 1.165) is 12.0 Å². The van der Waals surface area contributed by atoms with Gasteiger partial charge in [-0.05, 0) is 23.8 Å². The van der Waals surface area contributed by atoms with Crippen LogP contribution in [0.1, 0.15) is 45.2 Å². The molecule has 1 unspecified atom stereocenters. The van der Waals surface area contributed by atoms with Crippen LogP contribution in [0.4, 0.5) is 4.79 Å². The Kier molecular flexibility index (Phi) is 6.52. The van der Waals surface area contributed by atoms with E-state index in [9.17, 15) is 4.79 Å². The van der Waals surface area contributed by atoms with Gasteiger partial charge >= 0.3 is 6.03 Å². The van der Waals surface area contributed by atoms with Crippen LogP contribution < -0.4 is 10.6 Å². The van der Waals surface area contributed by atoms with E-state index in [1.54, 1.807) is 0 Å². The number of carbonyl (C=O) groups excluding carboxylic acids is 1. The molecule has 0 aliphatic rings. The third kappa shape index (κ3) is 6.57. The summed E-state index contributed by atoms with van der Waals surface area (Å²) in [5, 5.41) is 14.5. The fourth-order valence-electron chi connectivity index (χ4n) is 2.04. The first-order chi connectivity index (χ1) is 9.42. The third-order valence-electron chi connectivity index (χ3n) is 2.94. The van der Waals surface area contributed by atoms with Gasteiger partial charge in [-0.1, -0.05) is 51.1 Å². The molecular weight excluding hydrogens is 252 g/mol. The number of hydrogen-bond donors (Lipinski definition) is 3. The van der Waals surface area contributed by atoms with Crippen molar-refractivity contribution in [3.8, 4) is 0 Å². The minimum atomic E-state index is -0.184. The molecule has 4 heteroatoms. The molecule has 3 N–H and O–H groups in total. The number of aliphatic hydroxyl groups excluding tert-OH is 1. The van der Waals surface area contributed by atoms with Crippen LogP contribution in [0, 0.1) is 5.41 Å². The summed E-state index contributed by atoms with van der Waals surface area (Å²) in [5.41, 5.74) is 1.23. The van der Waals surface area contributed by atoms with Crippen molar-refractivity contribution in [1.82, 2.24) is 10.6 Å². The van der Waals surface area contributed by atoms with Crippen LogP contribution in [0.3, 0.4) is 0 Å². The number of amides is 2. The molecular formula is C16H26N2O2. The molecule has 2 amide bonds. The lowest BCUT2D eigenvalue weighted by Gasteiger charge is -2.27. The van der Waals surface area contributed by atoms with E-state index in [4.69, 9.17) is 5.11 Å². The maximum atomic E-state index is 11.9. The Bertz CT molecular complexity index is 399. The fraction of sp³-hybridized carbons (Fsp3) is 0.562. The molecule has 4 nitrogen and oxygen atoms in total. The quantitative estimate of drug-likeness (QED) is 0.701. The topological polar surface area (TPSA) is 61.4 Å². The SMILES string of the molecule is CC(C)(C)CC(NC(=O)NCCCO)c1ccccc1. The van der Waals surface area contributed by atoms with Crippen molar-refractivity contribution in [2.45, 2.75) is 39.7 Å².